The number of hydrogen-bond acceptors (Lipinski definition) is 2. The maximum absolute atomic E-state index is 5.12. The molecule has 0 unspecified atom stereocenters. The Bertz CT molecular complexity index is 431. The lowest BCUT2D eigenvalue weighted by molar-refractivity contribution is 0.415. The van der Waals surface area contributed by atoms with Crippen LogP contribution < -0.4 is 4.74 Å². The van der Waals surface area contributed by atoms with Crippen molar-refractivity contribution in [2.45, 2.75) is 13.5 Å². The number of methoxy groups -OCH3 is 1. The van der Waals surface area contributed by atoms with Gasteiger partial charge in [-0.15, -0.1) is 0 Å². The zero-order valence-corrected chi connectivity index (χ0v) is 8.97. The quantitative estimate of drug-likeness (QED) is 0.764. The molecule has 0 aliphatic rings. The lowest BCUT2D eigenvalue weighted by atomic mass is 10.1. The molecule has 78 valence electrons. The molecule has 0 N–H and O–H groups in total. The van der Waals surface area contributed by atoms with Gasteiger partial charge in [0.15, 0.2) is 0 Å². The summed E-state index contributed by atoms with van der Waals surface area (Å²) in [5.74, 6) is 0.876. The zero-order valence-electron chi connectivity index (χ0n) is 8.97. The molecular weight excluding hydrogens is 188 g/mol. The number of hydrogen-bond donors (Lipinski definition) is 0. The molecular formula is C12H14N2O. The number of nitrogens with zero attached hydrogens (tertiary/aromatic N) is 2. The Kier molecular flexibility index (Phi) is 2.72. The van der Waals surface area contributed by atoms with E-state index < -0.39 is 0 Å². The van der Waals surface area contributed by atoms with Gasteiger partial charge in [0.1, 0.15) is 5.75 Å². The Balaban J connectivity index is 2.37. The summed E-state index contributed by atoms with van der Waals surface area (Å²) in [5, 5.41) is 0. The van der Waals surface area contributed by atoms with Crippen LogP contribution in [0.2, 0.25) is 0 Å². The Morgan fingerprint density at radius 1 is 1.27 bits per heavy atom. The Morgan fingerprint density at radius 3 is 2.60 bits per heavy atom. The number of rotatable bonds is 3. The smallest absolute Gasteiger partial charge is 0.118 e. The molecule has 2 rings (SSSR count). The predicted octanol–water partition coefficient (Wildman–Crippen LogP) is 2.58. The first-order chi connectivity index (χ1) is 7.35. The molecule has 0 fully saturated rings. The highest BCUT2D eigenvalue weighted by Crippen LogP contribution is 2.21. The maximum Gasteiger partial charge on any atom is 0.118 e. The summed E-state index contributed by atoms with van der Waals surface area (Å²) >= 11 is 0. The summed E-state index contributed by atoms with van der Waals surface area (Å²) in [6.07, 6.45) is 3.73. The van der Waals surface area contributed by atoms with Crippen LogP contribution in [0.4, 0.5) is 0 Å². The molecule has 0 amide bonds. The fourth-order valence-corrected chi connectivity index (χ4v) is 1.57. The molecule has 3 nitrogen and oxygen atoms in total. The second kappa shape index (κ2) is 4.17. The van der Waals surface area contributed by atoms with Gasteiger partial charge in [-0.2, -0.15) is 0 Å². The molecule has 15 heavy (non-hydrogen) atoms. The Morgan fingerprint density at radius 2 is 2.00 bits per heavy atom. The van der Waals surface area contributed by atoms with E-state index in [9.17, 15) is 0 Å². The molecule has 0 aliphatic carbocycles. The highest BCUT2D eigenvalue weighted by molar-refractivity contribution is 5.59. The van der Waals surface area contributed by atoms with Crippen molar-refractivity contribution >= 4 is 0 Å². The van der Waals surface area contributed by atoms with Crippen molar-refractivity contribution < 1.29 is 4.74 Å². The van der Waals surface area contributed by atoms with Crippen LogP contribution in [0.15, 0.2) is 36.8 Å². The van der Waals surface area contributed by atoms with Crippen LogP contribution >= 0.6 is 0 Å². The van der Waals surface area contributed by atoms with E-state index in [4.69, 9.17) is 4.74 Å². The summed E-state index contributed by atoms with van der Waals surface area (Å²) in [6, 6.07) is 8.01. The van der Waals surface area contributed by atoms with Crippen molar-refractivity contribution in [1.82, 2.24) is 9.55 Å². The third-order valence-corrected chi connectivity index (χ3v) is 2.44. The van der Waals surface area contributed by atoms with Crippen molar-refractivity contribution in [2.75, 3.05) is 7.11 Å². The first-order valence-corrected chi connectivity index (χ1v) is 4.99. The van der Waals surface area contributed by atoms with Gasteiger partial charge in [-0.3, -0.25) is 0 Å². The highest BCUT2D eigenvalue weighted by atomic mass is 16.5. The van der Waals surface area contributed by atoms with E-state index in [0.29, 0.717) is 0 Å². The van der Waals surface area contributed by atoms with Crippen LogP contribution in [0.5, 0.6) is 5.75 Å². The van der Waals surface area contributed by atoms with Gasteiger partial charge in [-0.25, -0.2) is 4.98 Å². The minimum Gasteiger partial charge on any atom is -0.497 e. The summed E-state index contributed by atoms with van der Waals surface area (Å²) in [4.78, 5) is 4.14. The van der Waals surface area contributed by atoms with Crippen LogP contribution in [0.1, 0.15) is 6.92 Å². The van der Waals surface area contributed by atoms with E-state index in [1.165, 1.54) is 0 Å². The molecule has 1 aromatic heterocycles. The van der Waals surface area contributed by atoms with Gasteiger partial charge in [-0.05, 0) is 31.2 Å². The molecule has 0 bridgehead atoms. The summed E-state index contributed by atoms with van der Waals surface area (Å²) < 4.78 is 7.23. The maximum atomic E-state index is 5.12. The SMILES string of the molecule is CCn1cncc1-c1ccc(OC)cc1. The highest BCUT2D eigenvalue weighted by Gasteiger charge is 2.03. The number of aromatic nitrogens is 2. The number of ether oxygens (including phenoxy) is 1. The van der Waals surface area contributed by atoms with Gasteiger partial charge in [0, 0.05) is 12.1 Å². The summed E-state index contributed by atoms with van der Waals surface area (Å²) in [7, 11) is 1.67. The number of aryl methyl sites for hydroxylation is 1. The van der Waals surface area contributed by atoms with Gasteiger partial charge in [0.05, 0.1) is 25.3 Å². The Labute approximate surface area is 89.3 Å². The molecule has 1 aromatic carbocycles. The fraction of sp³-hybridized carbons (Fsp3) is 0.250. The van der Waals surface area contributed by atoms with Crippen molar-refractivity contribution in [1.29, 1.82) is 0 Å². The topological polar surface area (TPSA) is 27.1 Å². The lowest BCUT2D eigenvalue weighted by Crippen LogP contribution is -1.94. The van der Waals surface area contributed by atoms with E-state index in [1.807, 2.05) is 36.8 Å². The van der Waals surface area contributed by atoms with Crippen LogP contribution in [0.25, 0.3) is 11.3 Å². The molecule has 0 saturated heterocycles. The van der Waals surface area contributed by atoms with Gasteiger partial charge in [-0.1, -0.05) is 0 Å². The van der Waals surface area contributed by atoms with Crippen LogP contribution in [0.3, 0.4) is 0 Å². The number of benzene rings is 1. The first kappa shape index (κ1) is 9.77. The molecule has 3 heteroatoms. The minimum atomic E-state index is 0.876. The van der Waals surface area contributed by atoms with Crippen molar-refractivity contribution in [3.63, 3.8) is 0 Å². The third kappa shape index (κ3) is 1.86. The first-order valence-electron chi connectivity index (χ1n) is 4.99. The monoisotopic (exact) mass is 202 g/mol. The molecule has 0 aliphatic heterocycles. The standard InChI is InChI=1S/C12H14N2O/c1-3-14-9-13-8-12(14)10-4-6-11(15-2)7-5-10/h4-9H,3H2,1-2H3. The number of imidazole rings is 1. The molecule has 0 saturated carbocycles. The van der Waals surface area contributed by atoms with Gasteiger partial charge in [0.2, 0.25) is 0 Å². The average molecular weight is 202 g/mol. The van der Waals surface area contributed by atoms with Crippen LogP contribution in [0, 0.1) is 0 Å². The van der Waals surface area contributed by atoms with Crippen molar-refractivity contribution in [3.8, 4) is 17.0 Å². The Hall–Kier alpha value is -1.77. The van der Waals surface area contributed by atoms with Crippen LogP contribution in [-0.4, -0.2) is 16.7 Å². The molecule has 0 atom stereocenters. The second-order valence-electron chi connectivity index (χ2n) is 3.29. The average Bonchev–Trinajstić information content (AvgIpc) is 2.77. The van der Waals surface area contributed by atoms with Crippen LogP contribution in [-0.2, 0) is 6.54 Å². The van der Waals surface area contributed by atoms with Crippen molar-refractivity contribution in [3.05, 3.63) is 36.8 Å². The van der Waals surface area contributed by atoms with Gasteiger partial charge < -0.3 is 9.30 Å². The normalized spacial score (nSPS) is 10.3. The minimum absolute atomic E-state index is 0.876. The second-order valence-corrected chi connectivity index (χ2v) is 3.29. The zero-order chi connectivity index (χ0) is 10.7. The van der Waals surface area contributed by atoms with E-state index in [-0.39, 0.29) is 0 Å². The largest absolute Gasteiger partial charge is 0.497 e. The molecule has 1 heterocycles. The summed E-state index contributed by atoms with van der Waals surface area (Å²) in [5.41, 5.74) is 2.30. The lowest BCUT2D eigenvalue weighted by Gasteiger charge is -2.05. The van der Waals surface area contributed by atoms with Crippen molar-refractivity contribution in [2.24, 2.45) is 0 Å². The third-order valence-electron chi connectivity index (χ3n) is 2.44. The van der Waals surface area contributed by atoms with E-state index >= 15 is 0 Å². The van der Waals surface area contributed by atoms with E-state index in [1.54, 1.807) is 7.11 Å². The van der Waals surface area contributed by atoms with E-state index in [0.717, 1.165) is 23.6 Å². The molecule has 0 spiro atoms. The van der Waals surface area contributed by atoms with E-state index in [2.05, 4.69) is 16.5 Å². The molecule has 0 radical (unpaired) electrons. The fourth-order valence-electron chi connectivity index (χ4n) is 1.57. The van der Waals surface area contributed by atoms with Gasteiger partial charge >= 0.3 is 0 Å². The van der Waals surface area contributed by atoms with Gasteiger partial charge in [0.25, 0.3) is 0 Å². The predicted molar refractivity (Wildman–Crippen MR) is 59.9 cm³/mol. The molecule has 2 aromatic rings. The summed E-state index contributed by atoms with van der Waals surface area (Å²) in [6.45, 7) is 3.04.